The molecule has 1 fully saturated rings. The van der Waals surface area contributed by atoms with Gasteiger partial charge in [-0.15, -0.1) is 0 Å². The third-order valence-electron chi connectivity index (χ3n) is 6.20. The number of fused-ring (bicyclic) bond motifs is 1. The van der Waals surface area contributed by atoms with Gasteiger partial charge in [-0.1, -0.05) is 12.1 Å². The van der Waals surface area contributed by atoms with Crippen molar-refractivity contribution in [3.8, 4) is 11.4 Å². The van der Waals surface area contributed by atoms with E-state index < -0.39 is 0 Å². The smallest absolute Gasteiger partial charge is 0.275 e. The molecule has 30 heavy (non-hydrogen) atoms. The van der Waals surface area contributed by atoms with Gasteiger partial charge in [-0.05, 0) is 74.1 Å². The highest BCUT2D eigenvalue weighted by molar-refractivity contribution is 5.95. The van der Waals surface area contributed by atoms with Crippen molar-refractivity contribution in [1.82, 2.24) is 14.7 Å². The van der Waals surface area contributed by atoms with Crippen LogP contribution in [-0.4, -0.2) is 34.2 Å². The van der Waals surface area contributed by atoms with Crippen LogP contribution >= 0.6 is 0 Å². The first-order chi connectivity index (χ1) is 14.7. The number of benzene rings is 2. The first-order valence-electron chi connectivity index (χ1n) is 10.5. The van der Waals surface area contributed by atoms with Crippen LogP contribution in [0.1, 0.15) is 52.6 Å². The van der Waals surface area contributed by atoms with Crippen LogP contribution in [0.25, 0.3) is 5.69 Å². The molecular weight excluding hydrogens is 381 g/mol. The SMILES string of the molecule is COc1cccc(C2CCCN2C(=O)c2nn(-c3ccc(F)cc3)c3c2CCC3)c1. The summed E-state index contributed by atoms with van der Waals surface area (Å²) in [5, 5.41) is 4.72. The third kappa shape index (κ3) is 3.16. The van der Waals surface area contributed by atoms with Crippen LogP contribution in [0.5, 0.6) is 5.75 Å². The zero-order valence-corrected chi connectivity index (χ0v) is 17.0. The third-order valence-corrected chi connectivity index (χ3v) is 6.20. The van der Waals surface area contributed by atoms with Gasteiger partial charge in [0.25, 0.3) is 5.91 Å². The van der Waals surface area contributed by atoms with Crippen molar-refractivity contribution in [3.05, 3.63) is 76.9 Å². The number of carbonyl (C=O) groups excluding carboxylic acids is 1. The molecular formula is C24H24FN3O2. The number of likely N-dealkylation sites (tertiary alicyclic amines) is 1. The number of nitrogens with zero attached hydrogens (tertiary/aromatic N) is 3. The van der Waals surface area contributed by atoms with Crippen LogP contribution in [0, 0.1) is 5.82 Å². The second kappa shape index (κ2) is 7.59. The van der Waals surface area contributed by atoms with Crippen molar-refractivity contribution in [3.63, 3.8) is 0 Å². The lowest BCUT2D eigenvalue weighted by atomic mass is 10.0. The molecule has 1 amide bonds. The van der Waals surface area contributed by atoms with Gasteiger partial charge >= 0.3 is 0 Å². The quantitative estimate of drug-likeness (QED) is 0.643. The Morgan fingerprint density at radius 1 is 1.13 bits per heavy atom. The minimum atomic E-state index is -0.281. The average Bonchev–Trinajstić information content (AvgIpc) is 3.50. The van der Waals surface area contributed by atoms with E-state index in [-0.39, 0.29) is 17.8 Å². The molecule has 1 aliphatic heterocycles. The lowest BCUT2D eigenvalue weighted by Crippen LogP contribution is -2.31. The second-order valence-electron chi connectivity index (χ2n) is 7.95. The second-order valence-corrected chi connectivity index (χ2v) is 7.95. The molecule has 1 atom stereocenters. The molecule has 154 valence electrons. The standard InChI is InChI=1S/C24H24FN3O2/c1-30-19-6-2-5-16(15-19)21-9-4-14-27(21)24(29)23-20-7-3-8-22(20)28(26-23)18-12-10-17(25)11-13-18/h2,5-6,10-13,15,21H,3-4,7-9,14H2,1H3. The molecule has 5 rings (SSSR count). The number of rotatable bonds is 4. The number of amides is 1. The fourth-order valence-corrected chi connectivity index (χ4v) is 4.75. The van der Waals surface area contributed by atoms with Gasteiger partial charge in [0.05, 0.1) is 18.8 Å². The predicted molar refractivity (Wildman–Crippen MR) is 112 cm³/mol. The Hall–Kier alpha value is -3.15. The molecule has 0 bridgehead atoms. The van der Waals surface area contributed by atoms with E-state index >= 15 is 0 Å². The van der Waals surface area contributed by atoms with Crippen molar-refractivity contribution >= 4 is 5.91 Å². The zero-order valence-electron chi connectivity index (χ0n) is 17.0. The molecule has 1 aliphatic carbocycles. The zero-order chi connectivity index (χ0) is 20.7. The van der Waals surface area contributed by atoms with E-state index in [4.69, 9.17) is 9.84 Å². The number of hydrogen-bond donors (Lipinski definition) is 0. The van der Waals surface area contributed by atoms with E-state index in [2.05, 4.69) is 6.07 Å². The van der Waals surface area contributed by atoms with Crippen molar-refractivity contribution in [2.45, 2.75) is 38.1 Å². The minimum Gasteiger partial charge on any atom is -0.497 e. The largest absolute Gasteiger partial charge is 0.497 e. The number of methoxy groups -OCH3 is 1. The van der Waals surface area contributed by atoms with Gasteiger partial charge in [0.2, 0.25) is 0 Å². The molecule has 0 spiro atoms. The Bertz CT molecular complexity index is 1090. The molecule has 0 saturated carbocycles. The van der Waals surface area contributed by atoms with Gasteiger partial charge in [0.15, 0.2) is 5.69 Å². The topological polar surface area (TPSA) is 47.4 Å². The summed E-state index contributed by atoms with van der Waals surface area (Å²) in [5.74, 6) is 0.504. The van der Waals surface area contributed by atoms with Crippen molar-refractivity contribution in [2.24, 2.45) is 0 Å². The molecule has 1 aromatic heterocycles. The fraction of sp³-hybridized carbons (Fsp3) is 0.333. The van der Waals surface area contributed by atoms with Gasteiger partial charge in [-0.3, -0.25) is 4.79 Å². The Morgan fingerprint density at radius 3 is 2.77 bits per heavy atom. The maximum absolute atomic E-state index is 13.6. The lowest BCUT2D eigenvalue weighted by molar-refractivity contribution is 0.0728. The van der Waals surface area contributed by atoms with Crippen LogP contribution in [-0.2, 0) is 12.8 Å². The van der Waals surface area contributed by atoms with Gasteiger partial charge in [-0.2, -0.15) is 5.10 Å². The highest BCUT2D eigenvalue weighted by Crippen LogP contribution is 2.36. The normalized spacial score (nSPS) is 17.9. The number of carbonyl (C=O) groups is 1. The monoisotopic (exact) mass is 405 g/mol. The van der Waals surface area contributed by atoms with Crippen LogP contribution in [0.15, 0.2) is 48.5 Å². The van der Waals surface area contributed by atoms with Gasteiger partial charge in [0, 0.05) is 17.8 Å². The lowest BCUT2D eigenvalue weighted by Gasteiger charge is -2.25. The molecule has 6 heteroatoms. The van der Waals surface area contributed by atoms with Crippen molar-refractivity contribution in [2.75, 3.05) is 13.7 Å². The van der Waals surface area contributed by atoms with E-state index in [1.807, 2.05) is 27.8 Å². The number of halogens is 1. The summed E-state index contributed by atoms with van der Waals surface area (Å²) in [4.78, 5) is 15.6. The maximum Gasteiger partial charge on any atom is 0.275 e. The van der Waals surface area contributed by atoms with Crippen LogP contribution in [0.3, 0.4) is 0 Å². The fourth-order valence-electron chi connectivity index (χ4n) is 4.75. The minimum absolute atomic E-state index is 0.0145. The summed E-state index contributed by atoms with van der Waals surface area (Å²) in [6.07, 6.45) is 4.64. The summed E-state index contributed by atoms with van der Waals surface area (Å²) in [7, 11) is 1.65. The summed E-state index contributed by atoms with van der Waals surface area (Å²) in [6, 6.07) is 14.3. The number of ether oxygens (including phenoxy) is 1. The van der Waals surface area contributed by atoms with Crippen molar-refractivity contribution < 1.29 is 13.9 Å². The average molecular weight is 405 g/mol. The Labute approximate surface area is 175 Å². The van der Waals surface area contributed by atoms with Gasteiger partial charge in [-0.25, -0.2) is 9.07 Å². The van der Waals surface area contributed by atoms with E-state index in [0.29, 0.717) is 5.69 Å². The van der Waals surface area contributed by atoms with Crippen LogP contribution < -0.4 is 4.74 Å². The summed E-state index contributed by atoms with van der Waals surface area (Å²) in [5.41, 5.74) is 4.54. The molecule has 1 unspecified atom stereocenters. The number of hydrogen-bond acceptors (Lipinski definition) is 3. The van der Waals surface area contributed by atoms with Crippen molar-refractivity contribution in [1.29, 1.82) is 0 Å². The maximum atomic E-state index is 13.6. The Kier molecular flexibility index (Phi) is 4.77. The first kappa shape index (κ1) is 18.9. The molecule has 5 nitrogen and oxygen atoms in total. The highest BCUT2D eigenvalue weighted by atomic mass is 19.1. The summed E-state index contributed by atoms with van der Waals surface area (Å²) in [6.45, 7) is 0.721. The first-order valence-corrected chi connectivity index (χ1v) is 10.5. The molecule has 2 aliphatic rings. The molecule has 3 aromatic rings. The summed E-state index contributed by atoms with van der Waals surface area (Å²) < 4.78 is 20.6. The predicted octanol–water partition coefficient (Wildman–Crippen LogP) is 4.49. The van der Waals surface area contributed by atoms with Gasteiger partial charge < -0.3 is 9.64 Å². The highest BCUT2D eigenvalue weighted by Gasteiger charge is 2.35. The van der Waals surface area contributed by atoms with E-state index in [9.17, 15) is 9.18 Å². The van der Waals surface area contributed by atoms with Crippen LogP contribution in [0.2, 0.25) is 0 Å². The molecule has 0 N–H and O–H groups in total. The Balaban J connectivity index is 1.50. The van der Waals surface area contributed by atoms with E-state index in [1.54, 1.807) is 19.2 Å². The Morgan fingerprint density at radius 2 is 1.97 bits per heavy atom. The van der Waals surface area contributed by atoms with Crippen LogP contribution in [0.4, 0.5) is 4.39 Å². The van der Waals surface area contributed by atoms with E-state index in [0.717, 1.165) is 66.9 Å². The molecule has 2 heterocycles. The van der Waals surface area contributed by atoms with E-state index in [1.165, 1.54) is 12.1 Å². The number of aromatic nitrogens is 2. The molecule has 1 saturated heterocycles. The van der Waals surface area contributed by atoms with Gasteiger partial charge in [0.1, 0.15) is 11.6 Å². The summed E-state index contributed by atoms with van der Waals surface area (Å²) >= 11 is 0. The molecule has 0 radical (unpaired) electrons. The molecule has 2 aromatic carbocycles.